The van der Waals surface area contributed by atoms with Gasteiger partial charge in [-0.15, -0.1) is 11.3 Å². The maximum absolute atomic E-state index is 14.0. The highest BCUT2D eigenvalue weighted by molar-refractivity contribution is 7.90. The second kappa shape index (κ2) is 16.6. The third-order valence-electron chi connectivity index (χ3n) is 8.63. The molecule has 3 heterocycles. The van der Waals surface area contributed by atoms with Crippen molar-refractivity contribution in [3.63, 3.8) is 0 Å². The number of hydrogen-bond acceptors (Lipinski definition) is 10. The van der Waals surface area contributed by atoms with Gasteiger partial charge in [0.2, 0.25) is 0 Å². The summed E-state index contributed by atoms with van der Waals surface area (Å²) in [6, 6.07) is 9.55. The minimum Gasteiger partial charge on any atom is -0.491 e. The summed E-state index contributed by atoms with van der Waals surface area (Å²) in [5.74, 6) is 6.23. The topological polar surface area (TPSA) is 107 Å². The van der Waals surface area contributed by atoms with Crippen LogP contribution in [0.4, 0.5) is 29.3 Å². The molecule has 0 aliphatic carbocycles. The van der Waals surface area contributed by atoms with Gasteiger partial charge in [-0.3, -0.25) is 4.90 Å². The van der Waals surface area contributed by atoms with Crippen molar-refractivity contribution in [2.75, 3.05) is 76.2 Å². The van der Waals surface area contributed by atoms with Crippen molar-refractivity contribution in [1.82, 2.24) is 4.90 Å². The van der Waals surface area contributed by atoms with Gasteiger partial charge < -0.3 is 29.2 Å². The van der Waals surface area contributed by atoms with E-state index in [1.54, 1.807) is 32.9 Å². The van der Waals surface area contributed by atoms with Crippen LogP contribution >= 0.6 is 11.3 Å². The SMILES string of the molecule is CN1CCC2Nc3cccc4c(CC(F)(F)F)c(sc34)C#CCN(C(=O)OC(C)(C)C)c3cc(cc(S(C)(=O)=O)c3)OCCOCCOCCC2C1. The zero-order chi connectivity index (χ0) is 37.7. The quantitative estimate of drug-likeness (QED) is 0.284. The molecule has 10 nitrogen and oxygen atoms in total. The summed E-state index contributed by atoms with van der Waals surface area (Å²) in [6.45, 7) is 7.98. The molecular weight excluding hydrogens is 720 g/mol. The van der Waals surface area contributed by atoms with Crippen molar-refractivity contribution in [2.45, 2.75) is 62.7 Å². The zero-order valence-electron chi connectivity index (χ0n) is 30.1. The van der Waals surface area contributed by atoms with E-state index in [0.717, 1.165) is 42.8 Å². The van der Waals surface area contributed by atoms with E-state index in [1.807, 2.05) is 6.07 Å². The van der Waals surface area contributed by atoms with Crippen LogP contribution in [0, 0.1) is 17.8 Å². The van der Waals surface area contributed by atoms with Crippen LogP contribution in [-0.2, 0) is 30.5 Å². The van der Waals surface area contributed by atoms with E-state index in [1.165, 1.54) is 29.5 Å². The van der Waals surface area contributed by atoms with E-state index in [9.17, 15) is 26.4 Å². The molecule has 3 aromatic rings. The van der Waals surface area contributed by atoms with Crippen LogP contribution in [0.5, 0.6) is 5.75 Å². The molecular formula is C37H46F3N3O7S2. The lowest BCUT2D eigenvalue weighted by Gasteiger charge is -2.38. The predicted molar refractivity (Wildman–Crippen MR) is 196 cm³/mol. The molecule has 1 saturated heterocycles. The lowest BCUT2D eigenvalue weighted by atomic mass is 9.89. The number of piperidine rings is 1. The summed E-state index contributed by atoms with van der Waals surface area (Å²) < 4.78 is 91.2. The molecule has 1 N–H and O–H groups in total. The Bertz CT molecular complexity index is 1900. The van der Waals surface area contributed by atoms with Crippen molar-refractivity contribution in [3.8, 4) is 17.6 Å². The first-order valence-corrected chi connectivity index (χ1v) is 19.9. The Kier molecular flexibility index (Phi) is 12.7. The third kappa shape index (κ3) is 11.0. The largest absolute Gasteiger partial charge is 0.491 e. The fourth-order valence-electron chi connectivity index (χ4n) is 6.22. The van der Waals surface area contributed by atoms with Crippen LogP contribution in [0.2, 0.25) is 0 Å². The van der Waals surface area contributed by atoms with Crippen molar-refractivity contribution in [1.29, 1.82) is 0 Å². The average molecular weight is 766 g/mol. The van der Waals surface area contributed by atoms with Gasteiger partial charge in [-0.05, 0) is 82.3 Å². The number of anilines is 2. The van der Waals surface area contributed by atoms with Gasteiger partial charge in [-0.2, -0.15) is 13.2 Å². The standard InChI is InChI=1S/C37H46F3N3O7S2/c1-36(2,3)50-35(44)43-13-7-10-33-30(23-37(38,39)40)29-8-6-9-32(34(29)51-33)41-31-11-14-42(4)24-25(31)12-15-47-16-17-48-18-19-49-27-20-26(43)21-28(22-27)52(5,45)46/h6,8-9,20-22,25,31,41H,11-19,23-24H2,1-5H3. The van der Waals surface area contributed by atoms with Gasteiger partial charge >= 0.3 is 12.3 Å². The first-order valence-electron chi connectivity index (χ1n) is 17.2. The molecule has 4 bridgehead atoms. The smallest absolute Gasteiger partial charge is 0.415 e. The number of thiophene rings is 1. The summed E-state index contributed by atoms with van der Waals surface area (Å²) in [4.78, 5) is 17.1. The van der Waals surface area contributed by atoms with Gasteiger partial charge in [0.05, 0.1) is 58.6 Å². The van der Waals surface area contributed by atoms with Crippen LogP contribution in [0.15, 0.2) is 41.3 Å². The Hall–Kier alpha value is -3.55. The molecule has 2 aromatic carbocycles. The Morgan fingerprint density at radius 1 is 1.06 bits per heavy atom. The Labute approximate surface area is 307 Å². The number of benzene rings is 2. The summed E-state index contributed by atoms with van der Waals surface area (Å²) in [5, 5.41) is 4.13. The predicted octanol–water partition coefficient (Wildman–Crippen LogP) is 6.75. The number of rotatable bonds is 2. The molecule has 0 saturated carbocycles. The fraction of sp³-hybridized carbons (Fsp3) is 0.541. The number of hydrogen-bond donors (Lipinski definition) is 1. The van der Waals surface area contributed by atoms with Crippen molar-refractivity contribution in [3.05, 3.63) is 46.8 Å². The third-order valence-corrected chi connectivity index (χ3v) is 10.9. The Morgan fingerprint density at radius 2 is 1.79 bits per heavy atom. The van der Waals surface area contributed by atoms with Crippen LogP contribution in [0.1, 0.15) is 44.1 Å². The summed E-state index contributed by atoms with van der Waals surface area (Å²) in [6.07, 6.45) is -3.81. The number of halogens is 3. The number of sulfone groups is 1. The molecule has 1 amide bonds. The lowest BCUT2D eigenvalue weighted by molar-refractivity contribution is -0.126. The minimum absolute atomic E-state index is 0.0623. The number of nitrogens with one attached hydrogen (secondary N) is 1. The van der Waals surface area contributed by atoms with E-state index in [4.69, 9.17) is 18.9 Å². The number of fused-ring (bicyclic) bond motifs is 4. The normalized spacial score (nSPS) is 20.3. The van der Waals surface area contributed by atoms with Crippen molar-refractivity contribution < 1.29 is 45.3 Å². The molecule has 284 valence electrons. The second-order valence-corrected chi connectivity index (χ2v) is 17.1. The number of nitrogens with zero attached hydrogens (tertiary/aromatic N) is 2. The first kappa shape index (κ1) is 39.7. The van der Waals surface area contributed by atoms with E-state index >= 15 is 0 Å². The molecule has 2 unspecified atom stereocenters. The molecule has 0 radical (unpaired) electrons. The summed E-state index contributed by atoms with van der Waals surface area (Å²) >= 11 is 1.17. The molecule has 2 atom stereocenters. The monoisotopic (exact) mass is 765 g/mol. The van der Waals surface area contributed by atoms with Gasteiger partial charge in [-0.25, -0.2) is 13.2 Å². The lowest BCUT2D eigenvalue weighted by Crippen LogP contribution is -2.45. The number of amides is 1. The number of alkyl halides is 3. The molecule has 1 fully saturated rings. The van der Waals surface area contributed by atoms with E-state index < -0.39 is 34.1 Å². The Balaban J connectivity index is 1.60. The van der Waals surface area contributed by atoms with Crippen molar-refractivity contribution in [2.24, 2.45) is 5.92 Å². The number of ether oxygens (including phenoxy) is 4. The molecule has 2 aliphatic heterocycles. The average Bonchev–Trinajstić information content (AvgIpc) is 3.38. The minimum atomic E-state index is -4.49. The van der Waals surface area contributed by atoms with Gasteiger partial charge in [0, 0.05) is 31.5 Å². The number of likely N-dealkylation sites (tertiary alicyclic amines) is 1. The zero-order valence-corrected chi connectivity index (χ0v) is 31.7. The van der Waals surface area contributed by atoms with Gasteiger partial charge in [0.25, 0.3) is 0 Å². The summed E-state index contributed by atoms with van der Waals surface area (Å²) in [7, 11) is -1.68. The van der Waals surface area contributed by atoms with Crippen LogP contribution in [0.3, 0.4) is 0 Å². The van der Waals surface area contributed by atoms with Crippen LogP contribution in [-0.4, -0.2) is 103 Å². The molecule has 1 aromatic heterocycles. The van der Waals surface area contributed by atoms with Gasteiger partial charge in [0.1, 0.15) is 18.0 Å². The first-order chi connectivity index (χ1) is 24.5. The number of carbonyl (C=O) groups is 1. The fourth-order valence-corrected chi connectivity index (χ4v) is 8.06. The van der Waals surface area contributed by atoms with E-state index in [2.05, 4.69) is 29.1 Å². The molecule has 15 heteroatoms. The highest BCUT2D eigenvalue weighted by Crippen LogP contribution is 2.40. The maximum Gasteiger partial charge on any atom is 0.415 e. The van der Waals surface area contributed by atoms with Crippen molar-refractivity contribution >= 4 is 48.7 Å². The highest BCUT2D eigenvalue weighted by atomic mass is 32.2. The molecule has 5 rings (SSSR count). The van der Waals surface area contributed by atoms with Gasteiger partial charge in [0.15, 0.2) is 9.84 Å². The van der Waals surface area contributed by atoms with E-state index in [0.29, 0.717) is 29.9 Å². The van der Waals surface area contributed by atoms with E-state index in [-0.39, 0.29) is 58.5 Å². The number of carbonyl (C=O) groups excluding carboxylic acids is 1. The maximum atomic E-state index is 14.0. The van der Waals surface area contributed by atoms with Crippen LogP contribution in [0.25, 0.3) is 10.1 Å². The molecule has 2 aliphatic rings. The Morgan fingerprint density at radius 3 is 2.50 bits per heavy atom. The van der Waals surface area contributed by atoms with Gasteiger partial charge in [-0.1, -0.05) is 24.0 Å². The molecule has 52 heavy (non-hydrogen) atoms. The van der Waals surface area contributed by atoms with Crippen LogP contribution < -0.4 is 15.0 Å². The molecule has 0 spiro atoms. The highest BCUT2D eigenvalue weighted by Gasteiger charge is 2.33. The summed E-state index contributed by atoms with van der Waals surface area (Å²) in [5.41, 5.74) is 0.0137. The second-order valence-electron chi connectivity index (χ2n) is 14.1.